The third-order valence-electron chi connectivity index (χ3n) is 3.19. The lowest BCUT2D eigenvalue weighted by molar-refractivity contribution is 0.216. The van der Waals surface area contributed by atoms with Crippen LogP contribution in [-0.4, -0.2) is 25.3 Å². The van der Waals surface area contributed by atoms with Gasteiger partial charge in [0.1, 0.15) is 35.5 Å². The van der Waals surface area contributed by atoms with Crippen LogP contribution in [0.15, 0.2) is 36.4 Å². The molecule has 23 heavy (non-hydrogen) atoms. The van der Waals surface area contributed by atoms with E-state index in [0.29, 0.717) is 35.3 Å². The number of hydrogen-bond donors (Lipinski definition) is 1. The number of nitrogens with two attached hydrogens (primary N) is 1. The van der Waals surface area contributed by atoms with Crippen molar-refractivity contribution in [3.63, 3.8) is 0 Å². The minimum atomic E-state index is 0.275. The smallest absolute Gasteiger partial charge is 0.133 e. The van der Waals surface area contributed by atoms with Crippen LogP contribution in [0.5, 0.6) is 17.2 Å². The molecule has 0 radical (unpaired) electrons. The molecule has 0 heterocycles. The van der Waals surface area contributed by atoms with Crippen LogP contribution >= 0.6 is 23.8 Å². The molecule has 2 aromatic carbocycles. The van der Waals surface area contributed by atoms with Gasteiger partial charge < -0.3 is 19.9 Å². The average molecular weight is 352 g/mol. The molecule has 0 aromatic heterocycles. The molecule has 6 heteroatoms. The molecule has 0 aliphatic carbocycles. The molecule has 122 valence electrons. The SMILES string of the molecule is COc1ccc(C(N)=S)c(OCCOc2ccc(Cl)c(C)c2)c1. The summed E-state index contributed by atoms with van der Waals surface area (Å²) in [6.45, 7) is 2.66. The zero-order valence-electron chi connectivity index (χ0n) is 13.0. The lowest BCUT2D eigenvalue weighted by atomic mass is 10.2. The zero-order valence-corrected chi connectivity index (χ0v) is 14.5. The van der Waals surface area contributed by atoms with Gasteiger partial charge in [-0.05, 0) is 42.8 Å². The average Bonchev–Trinajstić information content (AvgIpc) is 2.54. The first-order valence-electron chi connectivity index (χ1n) is 7.01. The molecule has 2 rings (SSSR count). The molecular formula is C17H18ClNO3S. The summed E-state index contributed by atoms with van der Waals surface area (Å²) >= 11 is 11.0. The van der Waals surface area contributed by atoms with E-state index >= 15 is 0 Å². The molecule has 0 atom stereocenters. The Hall–Kier alpha value is -1.98. The second-order valence-corrected chi connectivity index (χ2v) is 5.68. The van der Waals surface area contributed by atoms with E-state index in [1.165, 1.54) is 0 Å². The number of ether oxygens (including phenoxy) is 3. The van der Waals surface area contributed by atoms with Crippen LogP contribution in [0.4, 0.5) is 0 Å². The quantitative estimate of drug-likeness (QED) is 0.608. The van der Waals surface area contributed by atoms with Gasteiger partial charge in [0.25, 0.3) is 0 Å². The van der Waals surface area contributed by atoms with Gasteiger partial charge in [-0.2, -0.15) is 0 Å². The minimum absolute atomic E-state index is 0.275. The number of thiocarbonyl (C=S) groups is 1. The van der Waals surface area contributed by atoms with Gasteiger partial charge >= 0.3 is 0 Å². The van der Waals surface area contributed by atoms with Gasteiger partial charge in [-0.3, -0.25) is 0 Å². The first-order chi connectivity index (χ1) is 11.0. The van der Waals surface area contributed by atoms with Gasteiger partial charge in [-0.15, -0.1) is 0 Å². The van der Waals surface area contributed by atoms with Crippen LogP contribution in [0.1, 0.15) is 11.1 Å². The van der Waals surface area contributed by atoms with Crippen molar-refractivity contribution >= 4 is 28.8 Å². The molecule has 0 amide bonds. The summed E-state index contributed by atoms with van der Waals surface area (Å²) in [7, 11) is 1.59. The van der Waals surface area contributed by atoms with E-state index in [-0.39, 0.29) is 4.99 Å². The van der Waals surface area contributed by atoms with Crippen LogP contribution in [0, 0.1) is 6.92 Å². The number of hydrogen-bond acceptors (Lipinski definition) is 4. The summed E-state index contributed by atoms with van der Waals surface area (Å²) in [4.78, 5) is 0.275. The molecule has 0 saturated carbocycles. The Bertz CT molecular complexity index is 706. The van der Waals surface area contributed by atoms with E-state index in [1.54, 1.807) is 31.4 Å². The van der Waals surface area contributed by atoms with Gasteiger partial charge in [0.2, 0.25) is 0 Å². The lowest BCUT2D eigenvalue weighted by Crippen LogP contribution is -2.14. The van der Waals surface area contributed by atoms with E-state index in [4.69, 9.17) is 43.8 Å². The predicted molar refractivity (Wildman–Crippen MR) is 96.1 cm³/mol. The first kappa shape index (κ1) is 17.4. The molecule has 4 nitrogen and oxygen atoms in total. The van der Waals surface area contributed by atoms with Crippen LogP contribution in [0.2, 0.25) is 5.02 Å². The minimum Gasteiger partial charge on any atom is -0.497 e. The summed E-state index contributed by atoms with van der Waals surface area (Å²) in [6, 6.07) is 10.8. The summed E-state index contributed by atoms with van der Waals surface area (Å²) < 4.78 is 16.5. The highest BCUT2D eigenvalue weighted by atomic mass is 35.5. The number of methoxy groups -OCH3 is 1. The fourth-order valence-electron chi connectivity index (χ4n) is 1.97. The Morgan fingerprint density at radius 3 is 2.43 bits per heavy atom. The maximum Gasteiger partial charge on any atom is 0.133 e. The van der Waals surface area contributed by atoms with Gasteiger partial charge in [-0.1, -0.05) is 23.8 Å². The molecule has 2 aromatic rings. The van der Waals surface area contributed by atoms with Crippen molar-refractivity contribution in [2.75, 3.05) is 20.3 Å². The van der Waals surface area contributed by atoms with Crippen LogP contribution in [0.25, 0.3) is 0 Å². The topological polar surface area (TPSA) is 53.7 Å². The molecule has 0 bridgehead atoms. The molecule has 0 saturated heterocycles. The molecule has 0 spiro atoms. The van der Waals surface area contributed by atoms with E-state index in [1.807, 2.05) is 19.1 Å². The zero-order chi connectivity index (χ0) is 16.8. The van der Waals surface area contributed by atoms with Gasteiger partial charge in [-0.25, -0.2) is 0 Å². The second kappa shape index (κ2) is 8.04. The maximum absolute atomic E-state index is 5.98. The van der Waals surface area contributed by atoms with Crippen molar-refractivity contribution in [1.82, 2.24) is 0 Å². The Balaban J connectivity index is 1.95. The number of benzene rings is 2. The fraction of sp³-hybridized carbons (Fsp3) is 0.235. The van der Waals surface area contributed by atoms with E-state index < -0.39 is 0 Å². The number of halogens is 1. The lowest BCUT2D eigenvalue weighted by Gasteiger charge is -2.13. The van der Waals surface area contributed by atoms with E-state index in [0.717, 1.165) is 11.3 Å². The molecule has 0 fully saturated rings. The Morgan fingerprint density at radius 2 is 1.78 bits per heavy atom. The Labute approximate surface area is 146 Å². The molecule has 0 unspecified atom stereocenters. The van der Waals surface area contributed by atoms with Crippen LogP contribution in [-0.2, 0) is 0 Å². The Kier molecular flexibility index (Phi) is 6.07. The normalized spacial score (nSPS) is 10.2. The van der Waals surface area contributed by atoms with Gasteiger partial charge in [0, 0.05) is 11.1 Å². The number of aryl methyl sites for hydroxylation is 1. The monoisotopic (exact) mass is 351 g/mol. The van der Waals surface area contributed by atoms with Crippen LogP contribution < -0.4 is 19.9 Å². The first-order valence-corrected chi connectivity index (χ1v) is 7.79. The molecule has 2 N–H and O–H groups in total. The second-order valence-electron chi connectivity index (χ2n) is 4.83. The summed E-state index contributed by atoms with van der Waals surface area (Å²) in [5.41, 5.74) is 7.33. The fourth-order valence-corrected chi connectivity index (χ4v) is 2.26. The highest BCUT2D eigenvalue weighted by Crippen LogP contribution is 2.25. The summed E-state index contributed by atoms with van der Waals surface area (Å²) in [5.74, 6) is 2.00. The molecule has 0 aliphatic rings. The van der Waals surface area contributed by atoms with Gasteiger partial charge in [0.05, 0.1) is 12.7 Å². The Morgan fingerprint density at radius 1 is 1.09 bits per heavy atom. The third-order valence-corrected chi connectivity index (χ3v) is 3.84. The van der Waals surface area contributed by atoms with Gasteiger partial charge in [0.15, 0.2) is 0 Å². The van der Waals surface area contributed by atoms with E-state index in [9.17, 15) is 0 Å². The van der Waals surface area contributed by atoms with Crippen molar-refractivity contribution in [2.24, 2.45) is 5.73 Å². The molecular weight excluding hydrogens is 334 g/mol. The van der Waals surface area contributed by atoms with Crippen molar-refractivity contribution in [1.29, 1.82) is 0 Å². The summed E-state index contributed by atoms with van der Waals surface area (Å²) in [6.07, 6.45) is 0. The van der Waals surface area contributed by atoms with Crippen molar-refractivity contribution in [2.45, 2.75) is 6.92 Å². The van der Waals surface area contributed by atoms with Crippen LogP contribution in [0.3, 0.4) is 0 Å². The standard InChI is InChI=1S/C17H18ClNO3S/c1-11-9-13(4-6-15(11)18)21-7-8-22-16-10-12(20-2)3-5-14(16)17(19)23/h3-6,9-10H,7-8H2,1-2H3,(H2,19,23). The third kappa shape index (κ3) is 4.74. The molecule has 0 aliphatic heterocycles. The maximum atomic E-state index is 5.98. The highest BCUT2D eigenvalue weighted by Gasteiger charge is 2.08. The summed E-state index contributed by atoms with van der Waals surface area (Å²) in [5, 5.41) is 0.714. The highest BCUT2D eigenvalue weighted by molar-refractivity contribution is 7.80. The number of rotatable bonds is 7. The van der Waals surface area contributed by atoms with E-state index in [2.05, 4.69) is 0 Å². The van der Waals surface area contributed by atoms with Crippen molar-refractivity contribution in [3.05, 3.63) is 52.5 Å². The van der Waals surface area contributed by atoms with Crippen molar-refractivity contribution < 1.29 is 14.2 Å². The predicted octanol–water partition coefficient (Wildman–Crippen LogP) is 3.75. The van der Waals surface area contributed by atoms with Crippen molar-refractivity contribution in [3.8, 4) is 17.2 Å². The largest absolute Gasteiger partial charge is 0.497 e.